The van der Waals surface area contributed by atoms with Crippen LogP contribution >= 0.6 is 11.6 Å². The monoisotopic (exact) mass is 253 g/mol. The van der Waals surface area contributed by atoms with Crippen LogP contribution in [0.5, 0.6) is 0 Å². The van der Waals surface area contributed by atoms with Crippen LogP contribution in [0.4, 0.5) is 5.69 Å². The minimum atomic E-state index is -0.493. The van der Waals surface area contributed by atoms with E-state index in [1.54, 1.807) is 12.1 Å². The number of nitrogens with two attached hydrogens (primary N) is 1. The van der Waals surface area contributed by atoms with Crippen LogP contribution in [0, 0.1) is 0 Å². The molecule has 4 heteroatoms. The van der Waals surface area contributed by atoms with Crippen LogP contribution in [0.15, 0.2) is 18.2 Å². The molecule has 0 heterocycles. The number of halogens is 1. The molecule has 1 aliphatic rings. The second kappa shape index (κ2) is 4.57. The van der Waals surface area contributed by atoms with Gasteiger partial charge in [0.15, 0.2) is 0 Å². The maximum atomic E-state index is 12.0. The van der Waals surface area contributed by atoms with Gasteiger partial charge in [0.05, 0.1) is 22.7 Å². The van der Waals surface area contributed by atoms with Crippen LogP contribution in [0.3, 0.4) is 0 Å². The second-order valence-electron chi connectivity index (χ2n) is 4.39. The quantitative estimate of drug-likeness (QED) is 0.666. The van der Waals surface area contributed by atoms with Crippen molar-refractivity contribution in [3.05, 3.63) is 28.8 Å². The molecule has 1 saturated carbocycles. The normalized spacial score (nSPS) is 17.3. The average molecular weight is 254 g/mol. The number of carbonyl (C=O) groups is 1. The molecule has 17 heavy (non-hydrogen) atoms. The molecule has 0 unspecified atom stereocenters. The van der Waals surface area contributed by atoms with Gasteiger partial charge in [-0.1, -0.05) is 24.1 Å². The largest absolute Gasteiger partial charge is 0.465 e. The molecule has 0 spiro atoms. The third kappa shape index (κ3) is 2.00. The van der Waals surface area contributed by atoms with Gasteiger partial charge in [0.1, 0.15) is 0 Å². The van der Waals surface area contributed by atoms with Crippen LogP contribution in [-0.4, -0.2) is 12.6 Å². The first-order chi connectivity index (χ1) is 8.10. The first-order valence-electron chi connectivity index (χ1n) is 5.83. The highest BCUT2D eigenvalue weighted by molar-refractivity contribution is 6.33. The molecule has 1 aromatic carbocycles. The molecule has 0 amide bonds. The van der Waals surface area contributed by atoms with E-state index < -0.39 is 5.41 Å². The van der Waals surface area contributed by atoms with Crippen molar-refractivity contribution in [3.8, 4) is 0 Å². The number of anilines is 1. The Hall–Kier alpha value is -1.22. The molecule has 1 aromatic rings. The fraction of sp³-hybridized carbons (Fsp3) is 0.462. The van der Waals surface area contributed by atoms with E-state index in [4.69, 9.17) is 22.1 Å². The highest BCUT2D eigenvalue weighted by Gasteiger charge is 2.47. The van der Waals surface area contributed by atoms with Gasteiger partial charge in [-0.15, -0.1) is 0 Å². The van der Waals surface area contributed by atoms with E-state index in [1.807, 2.05) is 13.0 Å². The molecule has 0 aromatic heterocycles. The van der Waals surface area contributed by atoms with Gasteiger partial charge < -0.3 is 10.5 Å². The molecule has 0 bridgehead atoms. The highest BCUT2D eigenvalue weighted by atomic mass is 35.5. The lowest BCUT2D eigenvalue weighted by Crippen LogP contribution is -2.43. The SMILES string of the molecule is CCOC(=O)C1(c2ccc(N)c(Cl)c2)CCC1. The molecule has 92 valence electrons. The summed E-state index contributed by atoms with van der Waals surface area (Å²) in [6, 6.07) is 5.40. The highest BCUT2D eigenvalue weighted by Crippen LogP contribution is 2.45. The molecule has 1 fully saturated rings. The molecular formula is C13H16ClNO2. The Bertz CT molecular complexity index is 441. The summed E-state index contributed by atoms with van der Waals surface area (Å²) >= 11 is 6.01. The van der Waals surface area contributed by atoms with E-state index in [0.717, 1.165) is 24.8 Å². The predicted octanol–water partition coefficient (Wildman–Crippen LogP) is 2.91. The number of ether oxygens (including phenoxy) is 1. The van der Waals surface area contributed by atoms with Gasteiger partial charge in [0.2, 0.25) is 0 Å². The molecule has 0 aliphatic heterocycles. The fourth-order valence-electron chi connectivity index (χ4n) is 2.24. The summed E-state index contributed by atoms with van der Waals surface area (Å²) in [6.07, 6.45) is 2.69. The summed E-state index contributed by atoms with van der Waals surface area (Å²) in [6.45, 7) is 2.23. The van der Waals surface area contributed by atoms with Crippen molar-refractivity contribution in [2.45, 2.75) is 31.6 Å². The van der Waals surface area contributed by atoms with Crippen molar-refractivity contribution in [3.63, 3.8) is 0 Å². The number of rotatable bonds is 3. The van der Waals surface area contributed by atoms with Gasteiger partial charge in [-0.2, -0.15) is 0 Å². The lowest BCUT2D eigenvalue weighted by molar-refractivity contribution is -0.153. The molecule has 0 atom stereocenters. The summed E-state index contributed by atoms with van der Waals surface area (Å²) in [4.78, 5) is 12.0. The summed E-state index contributed by atoms with van der Waals surface area (Å²) in [7, 11) is 0. The molecular weight excluding hydrogens is 238 g/mol. The van der Waals surface area contributed by atoms with Crippen molar-refractivity contribution in [1.82, 2.24) is 0 Å². The van der Waals surface area contributed by atoms with E-state index in [-0.39, 0.29) is 5.97 Å². The van der Waals surface area contributed by atoms with Crippen LogP contribution in [-0.2, 0) is 14.9 Å². The molecule has 2 N–H and O–H groups in total. The number of benzene rings is 1. The Morgan fingerprint density at radius 2 is 2.24 bits per heavy atom. The third-order valence-corrected chi connectivity index (χ3v) is 3.75. The average Bonchev–Trinajstić information content (AvgIpc) is 2.22. The van der Waals surface area contributed by atoms with Gasteiger partial charge in [-0.05, 0) is 37.5 Å². The zero-order chi connectivity index (χ0) is 12.5. The van der Waals surface area contributed by atoms with E-state index in [0.29, 0.717) is 17.3 Å². The summed E-state index contributed by atoms with van der Waals surface area (Å²) in [5.74, 6) is -0.146. The second-order valence-corrected chi connectivity index (χ2v) is 4.80. The zero-order valence-electron chi connectivity index (χ0n) is 9.83. The molecule has 0 radical (unpaired) electrons. The maximum absolute atomic E-state index is 12.0. The van der Waals surface area contributed by atoms with Crippen molar-refractivity contribution >= 4 is 23.3 Å². The summed E-state index contributed by atoms with van der Waals surface area (Å²) < 4.78 is 5.16. The van der Waals surface area contributed by atoms with E-state index >= 15 is 0 Å². The maximum Gasteiger partial charge on any atom is 0.316 e. The van der Waals surface area contributed by atoms with Gasteiger partial charge in [-0.25, -0.2) is 0 Å². The van der Waals surface area contributed by atoms with Gasteiger partial charge in [0.25, 0.3) is 0 Å². The first kappa shape index (κ1) is 12.2. The van der Waals surface area contributed by atoms with Crippen LogP contribution in [0.25, 0.3) is 0 Å². The Morgan fingerprint density at radius 1 is 1.53 bits per heavy atom. The van der Waals surface area contributed by atoms with Crippen molar-refractivity contribution in [2.24, 2.45) is 0 Å². The van der Waals surface area contributed by atoms with E-state index in [9.17, 15) is 4.79 Å². The number of hydrogen-bond donors (Lipinski definition) is 1. The van der Waals surface area contributed by atoms with Gasteiger partial charge >= 0.3 is 5.97 Å². The van der Waals surface area contributed by atoms with Crippen molar-refractivity contribution < 1.29 is 9.53 Å². The Labute approximate surface area is 106 Å². The molecule has 3 nitrogen and oxygen atoms in total. The predicted molar refractivity (Wildman–Crippen MR) is 68.0 cm³/mol. The molecule has 1 aliphatic carbocycles. The van der Waals surface area contributed by atoms with Gasteiger partial charge in [0, 0.05) is 0 Å². The number of esters is 1. The Balaban J connectivity index is 2.34. The minimum Gasteiger partial charge on any atom is -0.465 e. The number of carbonyl (C=O) groups excluding carboxylic acids is 1. The lowest BCUT2D eigenvalue weighted by Gasteiger charge is -2.39. The summed E-state index contributed by atoms with van der Waals surface area (Å²) in [5, 5.41) is 0.498. The number of nitrogen functional groups attached to an aromatic ring is 1. The van der Waals surface area contributed by atoms with Gasteiger partial charge in [-0.3, -0.25) is 4.79 Å². The van der Waals surface area contributed by atoms with Crippen molar-refractivity contribution in [2.75, 3.05) is 12.3 Å². The molecule has 0 saturated heterocycles. The summed E-state index contributed by atoms with van der Waals surface area (Å²) in [5.41, 5.74) is 6.64. The van der Waals surface area contributed by atoms with Crippen LogP contribution in [0.1, 0.15) is 31.7 Å². The third-order valence-electron chi connectivity index (χ3n) is 3.43. The van der Waals surface area contributed by atoms with E-state index in [2.05, 4.69) is 0 Å². The van der Waals surface area contributed by atoms with Crippen LogP contribution in [0.2, 0.25) is 5.02 Å². The lowest BCUT2D eigenvalue weighted by atomic mass is 9.64. The first-order valence-corrected chi connectivity index (χ1v) is 6.20. The Morgan fingerprint density at radius 3 is 2.71 bits per heavy atom. The van der Waals surface area contributed by atoms with E-state index in [1.165, 1.54) is 0 Å². The fourth-order valence-corrected chi connectivity index (χ4v) is 2.42. The minimum absolute atomic E-state index is 0.146. The standard InChI is InChI=1S/C13H16ClNO2/c1-2-17-12(16)13(6-3-7-13)9-4-5-11(15)10(14)8-9/h4-5,8H,2-3,6-7,15H2,1H3. The Kier molecular flexibility index (Phi) is 3.29. The van der Waals surface area contributed by atoms with Crippen LogP contribution < -0.4 is 5.73 Å². The smallest absolute Gasteiger partial charge is 0.316 e. The molecule has 2 rings (SSSR count). The zero-order valence-corrected chi connectivity index (χ0v) is 10.6. The topological polar surface area (TPSA) is 52.3 Å². The van der Waals surface area contributed by atoms with Crippen molar-refractivity contribution in [1.29, 1.82) is 0 Å². The number of hydrogen-bond acceptors (Lipinski definition) is 3.